The van der Waals surface area contributed by atoms with Gasteiger partial charge in [0.25, 0.3) is 0 Å². The standard InChI is InChI=1S/C48H32N2/c1-5-15-33(16-6-1)37-29-43(34-17-7-2-8-18-34)48-44(30-37)42-28-26-36(32-47(42)50(48)39-21-11-4-12-22-39)35-25-27-41-40-23-13-14-24-45(40)49(46(41)31-35)38-19-9-3-10-20-38/h1-32H. The fraction of sp³-hybridized carbons (Fsp3) is 0. The van der Waals surface area contributed by atoms with Crippen molar-refractivity contribution in [2.75, 3.05) is 0 Å². The van der Waals surface area contributed by atoms with E-state index in [0.29, 0.717) is 0 Å². The maximum Gasteiger partial charge on any atom is 0.0619 e. The van der Waals surface area contributed by atoms with E-state index in [-0.39, 0.29) is 0 Å². The molecule has 0 bridgehead atoms. The molecule has 2 nitrogen and oxygen atoms in total. The molecule has 0 saturated heterocycles. The van der Waals surface area contributed by atoms with E-state index in [2.05, 4.69) is 203 Å². The van der Waals surface area contributed by atoms with Gasteiger partial charge in [0.05, 0.1) is 22.1 Å². The van der Waals surface area contributed by atoms with E-state index in [4.69, 9.17) is 0 Å². The average Bonchev–Trinajstić information content (AvgIpc) is 3.71. The maximum absolute atomic E-state index is 2.46. The van der Waals surface area contributed by atoms with E-state index >= 15 is 0 Å². The van der Waals surface area contributed by atoms with E-state index in [1.165, 1.54) is 77.0 Å². The molecule has 0 unspecified atom stereocenters. The fourth-order valence-electron chi connectivity index (χ4n) is 7.81. The van der Waals surface area contributed by atoms with Crippen LogP contribution in [-0.2, 0) is 0 Å². The Hall–Kier alpha value is -6.64. The van der Waals surface area contributed by atoms with Crippen LogP contribution < -0.4 is 0 Å². The van der Waals surface area contributed by atoms with Gasteiger partial charge in [-0.2, -0.15) is 0 Å². The quantitative estimate of drug-likeness (QED) is 0.178. The van der Waals surface area contributed by atoms with E-state index in [0.717, 1.165) is 11.4 Å². The second kappa shape index (κ2) is 11.5. The third-order valence-electron chi connectivity index (χ3n) is 10.1. The SMILES string of the molecule is c1ccc(-c2cc(-c3ccccc3)c3c(c2)c2ccc(-c4ccc5c6ccccc6n(-c6ccccc6)c5c4)cc2n3-c2ccccc2)cc1. The van der Waals surface area contributed by atoms with Crippen LogP contribution >= 0.6 is 0 Å². The lowest BCUT2D eigenvalue weighted by Crippen LogP contribution is -1.96. The molecule has 0 atom stereocenters. The van der Waals surface area contributed by atoms with Gasteiger partial charge in [-0.15, -0.1) is 0 Å². The van der Waals surface area contributed by atoms with E-state index in [1.54, 1.807) is 0 Å². The molecular weight excluding hydrogens is 605 g/mol. The van der Waals surface area contributed by atoms with Crippen LogP contribution in [0.5, 0.6) is 0 Å². The Labute approximate surface area is 290 Å². The summed E-state index contributed by atoms with van der Waals surface area (Å²) in [4.78, 5) is 0. The highest BCUT2D eigenvalue weighted by Crippen LogP contribution is 2.43. The van der Waals surface area contributed by atoms with Gasteiger partial charge in [-0.3, -0.25) is 0 Å². The Kier molecular flexibility index (Phi) is 6.53. The zero-order chi connectivity index (χ0) is 33.0. The molecule has 2 aromatic heterocycles. The number of nitrogens with zero attached hydrogens (tertiary/aromatic N) is 2. The first kappa shape index (κ1) is 28.4. The van der Waals surface area contributed by atoms with Gasteiger partial charge in [0, 0.05) is 38.5 Å². The normalized spacial score (nSPS) is 11.6. The molecule has 8 aromatic carbocycles. The van der Waals surface area contributed by atoms with Crippen molar-refractivity contribution in [1.82, 2.24) is 9.13 Å². The van der Waals surface area contributed by atoms with Crippen LogP contribution in [0, 0.1) is 0 Å². The number of hydrogen-bond donors (Lipinski definition) is 0. The van der Waals surface area contributed by atoms with Crippen LogP contribution in [0.3, 0.4) is 0 Å². The summed E-state index contributed by atoms with van der Waals surface area (Å²) < 4.78 is 4.86. The highest BCUT2D eigenvalue weighted by molar-refractivity contribution is 6.16. The average molecular weight is 637 g/mol. The largest absolute Gasteiger partial charge is 0.309 e. The molecule has 10 rings (SSSR count). The molecule has 2 heterocycles. The minimum absolute atomic E-state index is 1.15. The smallest absolute Gasteiger partial charge is 0.0619 e. The lowest BCUT2D eigenvalue weighted by molar-refractivity contribution is 1.18. The zero-order valence-electron chi connectivity index (χ0n) is 27.4. The van der Waals surface area contributed by atoms with Gasteiger partial charge in [-0.05, 0) is 82.4 Å². The van der Waals surface area contributed by atoms with E-state index in [9.17, 15) is 0 Å². The fourth-order valence-corrected chi connectivity index (χ4v) is 7.81. The molecule has 0 amide bonds. The van der Waals surface area contributed by atoms with Crippen molar-refractivity contribution in [3.05, 3.63) is 194 Å². The summed E-state index contributed by atoms with van der Waals surface area (Å²) in [6, 6.07) is 70.4. The maximum atomic E-state index is 2.46. The minimum atomic E-state index is 1.15. The van der Waals surface area contributed by atoms with Crippen molar-refractivity contribution in [3.63, 3.8) is 0 Å². The van der Waals surface area contributed by atoms with Crippen molar-refractivity contribution in [1.29, 1.82) is 0 Å². The van der Waals surface area contributed by atoms with Crippen molar-refractivity contribution in [2.45, 2.75) is 0 Å². The summed E-state index contributed by atoms with van der Waals surface area (Å²) in [6.45, 7) is 0. The van der Waals surface area contributed by atoms with Crippen LogP contribution in [0.1, 0.15) is 0 Å². The molecule has 0 saturated carbocycles. The van der Waals surface area contributed by atoms with Crippen molar-refractivity contribution in [2.24, 2.45) is 0 Å². The van der Waals surface area contributed by atoms with Gasteiger partial charge in [0.1, 0.15) is 0 Å². The highest BCUT2D eigenvalue weighted by atomic mass is 15.0. The number of aromatic nitrogens is 2. The predicted octanol–water partition coefficient (Wildman–Crippen LogP) is 12.9. The van der Waals surface area contributed by atoms with Crippen LogP contribution in [0.4, 0.5) is 0 Å². The summed E-state index contributed by atoms with van der Waals surface area (Å²) in [5.74, 6) is 0. The number of fused-ring (bicyclic) bond motifs is 6. The lowest BCUT2D eigenvalue weighted by Gasteiger charge is -2.14. The molecule has 0 aliphatic heterocycles. The minimum Gasteiger partial charge on any atom is -0.309 e. The molecule has 0 aliphatic carbocycles. The molecular formula is C48H32N2. The molecule has 10 aromatic rings. The molecule has 234 valence electrons. The molecule has 2 heteroatoms. The third-order valence-corrected chi connectivity index (χ3v) is 10.1. The topological polar surface area (TPSA) is 9.86 Å². The molecule has 0 fully saturated rings. The summed E-state index contributed by atoms with van der Waals surface area (Å²) >= 11 is 0. The Balaban J connectivity index is 1.27. The van der Waals surface area contributed by atoms with Crippen molar-refractivity contribution < 1.29 is 0 Å². The van der Waals surface area contributed by atoms with Gasteiger partial charge in [0.15, 0.2) is 0 Å². The van der Waals surface area contributed by atoms with Crippen molar-refractivity contribution in [3.8, 4) is 44.8 Å². The van der Waals surface area contributed by atoms with Gasteiger partial charge in [-0.25, -0.2) is 0 Å². The third kappa shape index (κ3) is 4.50. The Morgan fingerprint density at radius 1 is 0.260 bits per heavy atom. The molecule has 0 aliphatic rings. The first-order valence-electron chi connectivity index (χ1n) is 17.2. The van der Waals surface area contributed by atoms with E-state index < -0.39 is 0 Å². The summed E-state index contributed by atoms with van der Waals surface area (Å²) in [7, 11) is 0. The number of benzene rings is 8. The van der Waals surface area contributed by atoms with Gasteiger partial charge < -0.3 is 9.13 Å². The lowest BCUT2D eigenvalue weighted by atomic mass is 9.95. The Morgan fingerprint density at radius 3 is 1.38 bits per heavy atom. The second-order valence-corrected chi connectivity index (χ2v) is 13.0. The van der Waals surface area contributed by atoms with Gasteiger partial charge >= 0.3 is 0 Å². The zero-order valence-corrected chi connectivity index (χ0v) is 27.4. The predicted molar refractivity (Wildman–Crippen MR) is 211 cm³/mol. The first-order valence-corrected chi connectivity index (χ1v) is 17.2. The number of rotatable bonds is 5. The van der Waals surface area contributed by atoms with E-state index in [1.807, 2.05) is 0 Å². The van der Waals surface area contributed by atoms with Crippen LogP contribution in [0.2, 0.25) is 0 Å². The summed E-state index contributed by atoms with van der Waals surface area (Å²) in [5, 5.41) is 5.01. The Morgan fingerprint density at radius 2 is 0.740 bits per heavy atom. The van der Waals surface area contributed by atoms with Crippen LogP contribution in [0.15, 0.2) is 194 Å². The first-order chi connectivity index (χ1) is 24.8. The monoisotopic (exact) mass is 636 g/mol. The summed E-state index contributed by atoms with van der Waals surface area (Å²) in [6.07, 6.45) is 0. The van der Waals surface area contributed by atoms with Gasteiger partial charge in [0.2, 0.25) is 0 Å². The Bertz CT molecular complexity index is 2830. The van der Waals surface area contributed by atoms with Crippen LogP contribution in [-0.4, -0.2) is 9.13 Å². The van der Waals surface area contributed by atoms with Crippen LogP contribution in [0.25, 0.3) is 88.4 Å². The molecule has 0 radical (unpaired) electrons. The van der Waals surface area contributed by atoms with Gasteiger partial charge in [-0.1, -0.05) is 140 Å². The van der Waals surface area contributed by atoms with Crippen molar-refractivity contribution >= 4 is 43.6 Å². The highest BCUT2D eigenvalue weighted by Gasteiger charge is 2.20. The number of hydrogen-bond acceptors (Lipinski definition) is 0. The molecule has 0 spiro atoms. The number of para-hydroxylation sites is 3. The molecule has 50 heavy (non-hydrogen) atoms. The molecule has 0 N–H and O–H groups in total. The second-order valence-electron chi connectivity index (χ2n) is 13.0. The summed E-state index contributed by atoms with van der Waals surface area (Å²) in [5.41, 5.74) is 14.4.